The van der Waals surface area contributed by atoms with Crippen molar-refractivity contribution in [2.45, 2.75) is 58.5 Å². The molecule has 0 aliphatic carbocycles. The summed E-state index contributed by atoms with van der Waals surface area (Å²) < 4.78 is 1.59. The molecule has 6 nitrogen and oxygen atoms in total. The van der Waals surface area contributed by atoms with Gasteiger partial charge >= 0.3 is 5.97 Å². The molecule has 112 valence electrons. The first kappa shape index (κ1) is 16.2. The van der Waals surface area contributed by atoms with Gasteiger partial charge in [0.2, 0.25) is 0 Å². The van der Waals surface area contributed by atoms with Crippen molar-refractivity contribution in [1.29, 1.82) is 0 Å². The minimum absolute atomic E-state index is 0.0284. The first-order valence-corrected chi connectivity index (χ1v) is 6.82. The van der Waals surface area contributed by atoms with E-state index in [9.17, 15) is 9.59 Å². The quantitative estimate of drug-likeness (QED) is 0.833. The summed E-state index contributed by atoms with van der Waals surface area (Å²) in [6.45, 7) is 7.76. The molecule has 1 aromatic rings. The largest absolute Gasteiger partial charge is 0.481 e. The van der Waals surface area contributed by atoms with E-state index in [4.69, 9.17) is 5.11 Å². The molecule has 0 aromatic carbocycles. The molecule has 0 spiro atoms. The second kappa shape index (κ2) is 6.54. The van der Waals surface area contributed by atoms with Gasteiger partial charge in [0.05, 0.1) is 6.42 Å². The van der Waals surface area contributed by atoms with Crippen LogP contribution >= 0.6 is 0 Å². The van der Waals surface area contributed by atoms with Crippen LogP contribution in [0, 0.1) is 0 Å². The molecule has 1 aromatic heterocycles. The van der Waals surface area contributed by atoms with E-state index >= 15 is 0 Å². The Labute approximate surface area is 118 Å². The molecule has 20 heavy (non-hydrogen) atoms. The van der Waals surface area contributed by atoms with E-state index in [2.05, 4.69) is 10.3 Å². The Hall–Kier alpha value is -1.85. The van der Waals surface area contributed by atoms with Crippen molar-refractivity contribution >= 4 is 11.8 Å². The number of rotatable bonds is 6. The first-order chi connectivity index (χ1) is 9.25. The molecule has 0 aliphatic heterocycles. The van der Waals surface area contributed by atoms with Crippen molar-refractivity contribution in [3.05, 3.63) is 22.7 Å². The van der Waals surface area contributed by atoms with E-state index in [0.717, 1.165) is 6.42 Å². The molecular weight excluding hydrogens is 258 g/mol. The predicted octanol–water partition coefficient (Wildman–Crippen LogP) is 2.05. The second-order valence-electron chi connectivity index (χ2n) is 5.85. The van der Waals surface area contributed by atoms with Crippen molar-refractivity contribution in [3.63, 3.8) is 0 Å². The molecule has 0 radical (unpaired) electrons. The molecule has 0 saturated heterocycles. The predicted molar refractivity (Wildman–Crippen MR) is 78.1 cm³/mol. The van der Waals surface area contributed by atoms with Gasteiger partial charge in [0, 0.05) is 24.0 Å². The van der Waals surface area contributed by atoms with Gasteiger partial charge in [-0.25, -0.2) is 4.98 Å². The zero-order valence-electron chi connectivity index (χ0n) is 12.5. The van der Waals surface area contributed by atoms with Crippen LogP contribution in [0.5, 0.6) is 0 Å². The summed E-state index contributed by atoms with van der Waals surface area (Å²) in [6, 6.07) is -0.284. The Balaban J connectivity index is 3.02. The Kier molecular flexibility index (Phi) is 5.30. The number of carboxylic acid groups (broad SMARTS) is 1. The van der Waals surface area contributed by atoms with Gasteiger partial charge in [0.25, 0.3) is 5.56 Å². The number of nitrogens with zero attached hydrogens (tertiary/aromatic N) is 2. The maximum absolute atomic E-state index is 12.3. The van der Waals surface area contributed by atoms with Crippen molar-refractivity contribution < 1.29 is 9.90 Å². The molecule has 2 N–H and O–H groups in total. The Morgan fingerprint density at radius 3 is 2.65 bits per heavy atom. The van der Waals surface area contributed by atoms with Crippen LogP contribution in [-0.4, -0.2) is 26.7 Å². The van der Waals surface area contributed by atoms with E-state index in [0.29, 0.717) is 6.42 Å². The molecular formula is C14H23N3O3. The highest BCUT2D eigenvalue weighted by molar-refractivity contribution is 5.68. The highest BCUT2D eigenvalue weighted by Crippen LogP contribution is 2.12. The maximum atomic E-state index is 12.3. The van der Waals surface area contributed by atoms with Crippen LogP contribution in [0.25, 0.3) is 0 Å². The fourth-order valence-electron chi connectivity index (χ4n) is 2.02. The zero-order valence-corrected chi connectivity index (χ0v) is 12.5. The molecule has 6 heteroatoms. The number of aliphatic carboxylic acids is 1. The maximum Gasteiger partial charge on any atom is 0.305 e. The normalized spacial score (nSPS) is 13.0. The molecule has 1 unspecified atom stereocenters. The molecule has 0 fully saturated rings. The van der Waals surface area contributed by atoms with Gasteiger partial charge in [-0.2, -0.15) is 0 Å². The summed E-state index contributed by atoms with van der Waals surface area (Å²) in [5, 5.41) is 11.9. The highest BCUT2D eigenvalue weighted by atomic mass is 16.4. The fraction of sp³-hybridized carbons (Fsp3) is 0.643. The fourth-order valence-corrected chi connectivity index (χ4v) is 2.02. The lowest BCUT2D eigenvalue weighted by atomic mass is 10.1. The van der Waals surface area contributed by atoms with Gasteiger partial charge in [0.1, 0.15) is 0 Å². The van der Waals surface area contributed by atoms with Crippen LogP contribution in [0.2, 0.25) is 0 Å². The molecule has 0 bridgehead atoms. The third-order valence-corrected chi connectivity index (χ3v) is 2.96. The summed E-state index contributed by atoms with van der Waals surface area (Å²) in [6.07, 6.45) is 4.68. The summed E-state index contributed by atoms with van der Waals surface area (Å²) >= 11 is 0. The smallest absolute Gasteiger partial charge is 0.305 e. The summed E-state index contributed by atoms with van der Waals surface area (Å²) in [7, 11) is 0. The number of nitrogens with one attached hydrogen (secondary N) is 1. The van der Waals surface area contributed by atoms with Gasteiger partial charge in [-0.15, -0.1) is 0 Å². The lowest BCUT2D eigenvalue weighted by Gasteiger charge is -2.23. The lowest BCUT2D eigenvalue weighted by Crippen LogP contribution is -2.37. The van der Waals surface area contributed by atoms with Gasteiger partial charge in [-0.1, -0.05) is 13.3 Å². The van der Waals surface area contributed by atoms with Crippen LogP contribution in [-0.2, 0) is 10.3 Å². The number of aromatic nitrogens is 2. The van der Waals surface area contributed by atoms with E-state index in [1.54, 1.807) is 17.0 Å². The summed E-state index contributed by atoms with van der Waals surface area (Å²) in [5.74, 6) is -0.676. The Bertz CT molecular complexity index is 517. The van der Waals surface area contributed by atoms with Crippen molar-refractivity contribution in [3.8, 4) is 0 Å². The Morgan fingerprint density at radius 2 is 2.15 bits per heavy atom. The van der Waals surface area contributed by atoms with Crippen molar-refractivity contribution in [1.82, 2.24) is 9.55 Å². The van der Waals surface area contributed by atoms with Crippen LogP contribution in [0.1, 0.15) is 47.0 Å². The third-order valence-electron chi connectivity index (χ3n) is 2.96. The molecule has 1 atom stereocenters. The summed E-state index contributed by atoms with van der Waals surface area (Å²) in [4.78, 5) is 27.2. The number of hydrogen-bond donors (Lipinski definition) is 2. The molecule has 1 heterocycles. The average Bonchev–Trinajstić information content (AvgIpc) is 2.29. The second-order valence-corrected chi connectivity index (χ2v) is 5.85. The molecule has 0 aliphatic rings. The van der Waals surface area contributed by atoms with Crippen molar-refractivity contribution in [2.75, 3.05) is 5.32 Å². The van der Waals surface area contributed by atoms with Crippen LogP contribution < -0.4 is 10.9 Å². The number of carboxylic acids is 1. The van der Waals surface area contributed by atoms with E-state index in [1.807, 2.05) is 27.7 Å². The summed E-state index contributed by atoms with van der Waals surface area (Å²) in [5.41, 5.74) is -0.574. The van der Waals surface area contributed by atoms with Crippen LogP contribution in [0.3, 0.4) is 0 Å². The first-order valence-electron chi connectivity index (χ1n) is 6.82. The average molecular weight is 281 g/mol. The third kappa shape index (κ3) is 4.36. The van der Waals surface area contributed by atoms with Gasteiger partial charge in [-0.05, 0) is 27.2 Å². The van der Waals surface area contributed by atoms with Gasteiger partial charge in [-0.3, -0.25) is 9.59 Å². The monoisotopic (exact) mass is 281 g/mol. The van der Waals surface area contributed by atoms with Crippen molar-refractivity contribution in [2.24, 2.45) is 0 Å². The SMILES string of the molecule is CCCC(CC(=O)O)Nc1nccn(C(C)(C)C)c1=O. The number of anilines is 1. The molecule has 0 saturated carbocycles. The van der Waals surface area contributed by atoms with Gasteiger partial charge in [0.15, 0.2) is 5.82 Å². The topological polar surface area (TPSA) is 84.2 Å². The Morgan fingerprint density at radius 1 is 1.50 bits per heavy atom. The lowest BCUT2D eigenvalue weighted by molar-refractivity contribution is -0.137. The van der Waals surface area contributed by atoms with Crippen LogP contribution in [0.4, 0.5) is 5.82 Å². The van der Waals surface area contributed by atoms with Crippen LogP contribution in [0.15, 0.2) is 17.2 Å². The number of hydrogen-bond acceptors (Lipinski definition) is 4. The number of carbonyl (C=O) groups is 1. The molecule has 1 rings (SSSR count). The van der Waals surface area contributed by atoms with E-state index < -0.39 is 5.97 Å². The standard InChI is InChI=1S/C14H23N3O3/c1-5-6-10(9-11(18)19)16-12-13(20)17(8-7-15-12)14(2,3)4/h7-8,10H,5-6,9H2,1-4H3,(H,15,16)(H,18,19). The zero-order chi connectivity index (χ0) is 15.3. The minimum atomic E-state index is -0.886. The van der Waals surface area contributed by atoms with E-state index in [-0.39, 0.29) is 29.4 Å². The van der Waals surface area contributed by atoms with E-state index in [1.165, 1.54) is 0 Å². The minimum Gasteiger partial charge on any atom is -0.481 e. The highest BCUT2D eigenvalue weighted by Gasteiger charge is 2.19. The van der Waals surface area contributed by atoms with Gasteiger partial charge < -0.3 is 15.0 Å². The molecule has 0 amide bonds.